The largest absolute Gasteiger partial charge is 0.362 e. The first-order valence-corrected chi connectivity index (χ1v) is 6.34. The standard InChI is InChI=1S/C12H24N2S/c1-9(2)8-13-11(15)14-10-5-6-12(3,4)7-10/h9-10H,5-8H2,1-4H3,(H2,13,14,15). The summed E-state index contributed by atoms with van der Waals surface area (Å²) in [5.41, 5.74) is 0.491. The molecule has 0 radical (unpaired) electrons. The maximum absolute atomic E-state index is 5.26. The number of nitrogens with one attached hydrogen (secondary N) is 2. The van der Waals surface area contributed by atoms with Crippen LogP contribution in [-0.4, -0.2) is 17.7 Å². The molecule has 1 fully saturated rings. The average Bonchev–Trinajstić information content (AvgIpc) is 2.42. The average molecular weight is 228 g/mol. The molecule has 1 unspecified atom stereocenters. The van der Waals surface area contributed by atoms with Crippen molar-refractivity contribution in [2.24, 2.45) is 11.3 Å². The van der Waals surface area contributed by atoms with Gasteiger partial charge in [0.15, 0.2) is 5.11 Å². The lowest BCUT2D eigenvalue weighted by Crippen LogP contribution is -2.42. The molecule has 1 atom stereocenters. The molecular formula is C12H24N2S. The Kier molecular flexibility index (Phi) is 4.38. The van der Waals surface area contributed by atoms with Gasteiger partial charge in [-0.15, -0.1) is 0 Å². The molecule has 1 rings (SSSR count). The maximum Gasteiger partial charge on any atom is 0.166 e. The van der Waals surface area contributed by atoms with Crippen LogP contribution in [0.2, 0.25) is 0 Å². The molecule has 1 aliphatic rings. The molecule has 1 aliphatic carbocycles. The third-order valence-electron chi connectivity index (χ3n) is 2.97. The first-order valence-electron chi connectivity index (χ1n) is 5.93. The molecule has 0 aromatic rings. The monoisotopic (exact) mass is 228 g/mol. The van der Waals surface area contributed by atoms with Crippen LogP contribution < -0.4 is 10.6 Å². The third-order valence-corrected chi connectivity index (χ3v) is 3.24. The zero-order valence-corrected chi connectivity index (χ0v) is 11.2. The highest BCUT2D eigenvalue weighted by Gasteiger charge is 2.30. The van der Waals surface area contributed by atoms with Crippen molar-refractivity contribution in [2.45, 2.75) is 53.0 Å². The molecule has 0 amide bonds. The number of hydrogen-bond acceptors (Lipinski definition) is 1. The van der Waals surface area contributed by atoms with Crippen LogP contribution in [0.25, 0.3) is 0 Å². The fourth-order valence-corrected chi connectivity index (χ4v) is 2.34. The molecule has 2 N–H and O–H groups in total. The second-order valence-electron chi connectivity index (χ2n) is 5.85. The van der Waals surface area contributed by atoms with Gasteiger partial charge in [0.1, 0.15) is 0 Å². The summed E-state index contributed by atoms with van der Waals surface area (Å²) < 4.78 is 0. The van der Waals surface area contributed by atoms with Gasteiger partial charge in [-0.2, -0.15) is 0 Å². The Labute approximate surface area is 99.2 Å². The van der Waals surface area contributed by atoms with Gasteiger partial charge in [-0.3, -0.25) is 0 Å². The lowest BCUT2D eigenvalue weighted by Gasteiger charge is -2.19. The summed E-state index contributed by atoms with van der Waals surface area (Å²) in [5, 5.41) is 7.49. The Morgan fingerprint density at radius 2 is 2.13 bits per heavy atom. The van der Waals surface area contributed by atoms with E-state index in [0.717, 1.165) is 11.7 Å². The minimum absolute atomic E-state index is 0.491. The molecule has 0 heterocycles. The summed E-state index contributed by atoms with van der Waals surface area (Å²) in [4.78, 5) is 0. The summed E-state index contributed by atoms with van der Waals surface area (Å²) in [6.45, 7) is 10.0. The molecule has 0 saturated heterocycles. The minimum Gasteiger partial charge on any atom is -0.362 e. The van der Waals surface area contributed by atoms with Crippen molar-refractivity contribution >= 4 is 17.3 Å². The van der Waals surface area contributed by atoms with Gasteiger partial charge >= 0.3 is 0 Å². The predicted molar refractivity (Wildman–Crippen MR) is 70.0 cm³/mol. The summed E-state index contributed by atoms with van der Waals surface area (Å²) in [5.74, 6) is 0.643. The molecule has 0 aliphatic heterocycles. The van der Waals surface area contributed by atoms with Gasteiger partial charge in [-0.1, -0.05) is 27.7 Å². The van der Waals surface area contributed by atoms with Crippen LogP contribution in [0.4, 0.5) is 0 Å². The van der Waals surface area contributed by atoms with E-state index in [-0.39, 0.29) is 0 Å². The topological polar surface area (TPSA) is 24.1 Å². The molecule has 15 heavy (non-hydrogen) atoms. The summed E-state index contributed by atoms with van der Waals surface area (Å²) >= 11 is 5.26. The molecule has 0 aromatic carbocycles. The van der Waals surface area contributed by atoms with E-state index in [0.29, 0.717) is 17.4 Å². The Bertz CT molecular complexity index is 224. The second kappa shape index (κ2) is 5.15. The van der Waals surface area contributed by atoms with Crippen molar-refractivity contribution < 1.29 is 0 Å². The predicted octanol–water partition coefficient (Wildman–Crippen LogP) is 2.69. The lowest BCUT2D eigenvalue weighted by atomic mass is 9.92. The minimum atomic E-state index is 0.491. The van der Waals surface area contributed by atoms with Crippen molar-refractivity contribution in [2.75, 3.05) is 6.54 Å². The lowest BCUT2D eigenvalue weighted by molar-refractivity contribution is 0.372. The number of hydrogen-bond donors (Lipinski definition) is 2. The first-order chi connectivity index (χ1) is 6.89. The molecule has 2 nitrogen and oxygen atoms in total. The van der Waals surface area contributed by atoms with Crippen molar-refractivity contribution in [3.05, 3.63) is 0 Å². The van der Waals surface area contributed by atoms with E-state index < -0.39 is 0 Å². The zero-order valence-electron chi connectivity index (χ0n) is 10.4. The second-order valence-corrected chi connectivity index (χ2v) is 6.26. The van der Waals surface area contributed by atoms with Crippen molar-refractivity contribution in [3.63, 3.8) is 0 Å². The molecule has 3 heteroatoms. The molecule has 1 saturated carbocycles. The van der Waals surface area contributed by atoms with Crippen molar-refractivity contribution in [1.82, 2.24) is 10.6 Å². The molecule has 0 aromatic heterocycles. The Morgan fingerprint density at radius 3 is 2.60 bits per heavy atom. The van der Waals surface area contributed by atoms with E-state index in [1.165, 1.54) is 19.3 Å². The highest BCUT2D eigenvalue weighted by molar-refractivity contribution is 7.80. The van der Waals surface area contributed by atoms with E-state index in [9.17, 15) is 0 Å². The number of rotatable bonds is 3. The number of thiocarbonyl (C=S) groups is 1. The van der Waals surface area contributed by atoms with Crippen LogP contribution in [0.1, 0.15) is 47.0 Å². The van der Waals surface area contributed by atoms with Crippen LogP contribution in [0.3, 0.4) is 0 Å². The van der Waals surface area contributed by atoms with Crippen molar-refractivity contribution in [3.8, 4) is 0 Å². The van der Waals surface area contributed by atoms with Crippen LogP contribution >= 0.6 is 12.2 Å². The summed E-state index contributed by atoms with van der Waals surface area (Å²) in [6.07, 6.45) is 3.78. The van der Waals surface area contributed by atoms with Crippen molar-refractivity contribution in [1.29, 1.82) is 0 Å². The van der Waals surface area contributed by atoms with Gasteiger partial charge in [0.05, 0.1) is 0 Å². The van der Waals surface area contributed by atoms with E-state index in [2.05, 4.69) is 38.3 Å². The molecule has 88 valence electrons. The van der Waals surface area contributed by atoms with Gasteiger partial charge in [0, 0.05) is 12.6 Å². The highest BCUT2D eigenvalue weighted by Crippen LogP contribution is 2.36. The van der Waals surface area contributed by atoms with Gasteiger partial charge < -0.3 is 10.6 Å². The molecular weight excluding hydrogens is 204 g/mol. The fourth-order valence-electron chi connectivity index (χ4n) is 2.09. The third kappa shape index (κ3) is 4.83. The fraction of sp³-hybridized carbons (Fsp3) is 0.917. The van der Waals surface area contributed by atoms with E-state index in [4.69, 9.17) is 12.2 Å². The van der Waals surface area contributed by atoms with Crippen LogP contribution in [0.5, 0.6) is 0 Å². The van der Waals surface area contributed by atoms with E-state index in [1.807, 2.05) is 0 Å². The van der Waals surface area contributed by atoms with Gasteiger partial charge in [0.2, 0.25) is 0 Å². The van der Waals surface area contributed by atoms with Crippen LogP contribution in [0.15, 0.2) is 0 Å². The van der Waals surface area contributed by atoms with E-state index in [1.54, 1.807) is 0 Å². The summed E-state index contributed by atoms with van der Waals surface area (Å²) in [6, 6.07) is 0.576. The SMILES string of the molecule is CC(C)CNC(=S)NC1CCC(C)(C)C1. The maximum atomic E-state index is 5.26. The van der Waals surface area contributed by atoms with Gasteiger partial charge in [-0.25, -0.2) is 0 Å². The first kappa shape index (κ1) is 12.8. The highest BCUT2D eigenvalue weighted by atomic mass is 32.1. The molecule has 0 spiro atoms. The van der Waals surface area contributed by atoms with Crippen LogP contribution in [0, 0.1) is 11.3 Å². The Morgan fingerprint density at radius 1 is 1.47 bits per heavy atom. The molecule has 0 bridgehead atoms. The smallest absolute Gasteiger partial charge is 0.166 e. The summed E-state index contributed by atoms with van der Waals surface area (Å²) in [7, 11) is 0. The van der Waals surface area contributed by atoms with Gasteiger partial charge in [-0.05, 0) is 42.8 Å². The zero-order chi connectivity index (χ0) is 11.5. The quantitative estimate of drug-likeness (QED) is 0.726. The van der Waals surface area contributed by atoms with E-state index >= 15 is 0 Å². The Hall–Kier alpha value is -0.310. The van der Waals surface area contributed by atoms with Gasteiger partial charge in [0.25, 0.3) is 0 Å². The van der Waals surface area contributed by atoms with Crippen LogP contribution in [-0.2, 0) is 0 Å². The normalized spacial score (nSPS) is 24.2. The Balaban J connectivity index is 2.22.